The average Bonchev–Trinajstić information content (AvgIpc) is 3.09. The lowest BCUT2D eigenvalue weighted by molar-refractivity contribution is 0.313. The van der Waals surface area contributed by atoms with Crippen molar-refractivity contribution in [1.82, 2.24) is 34.1 Å². The molecule has 0 fully saturated rings. The van der Waals surface area contributed by atoms with Gasteiger partial charge in [0.25, 0.3) is 5.56 Å². The van der Waals surface area contributed by atoms with E-state index in [0.717, 1.165) is 30.9 Å². The predicted molar refractivity (Wildman–Crippen MR) is 138 cm³/mol. The molecule has 1 N–H and O–H groups in total. The van der Waals surface area contributed by atoms with Gasteiger partial charge >= 0.3 is 0 Å². The quantitative estimate of drug-likeness (QED) is 0.416. The molecule has 0 unspecified atom stereocenters. The Hall–Kier alpha value is -3.82. The number of allylic oxidation sites excluding steroid dienone is 1. The molecule has 180 valence electrons. The van der Waals surface area contributed by atoms with E-state index in [-0.39, 0.29) is 5.56 Å². The van der Waals surface area contributed by atoms with Crippen molar-refractivity contribution < 1.29 is 0 Å². The van der Waals surface area contributed by atoms with Crippen molar-refractivity contribution in [2.75, 3.05) is 33.0 Å². The lowest BCUT2D eigenvalue weighted by Crippen LogP contribution is -2.26. The van der Waals surface area contributed by atoms with Crippen molar-refractivity contribution >= 4 is 22.7 Å². The number of benzene rings is 1. The standard InChI is InChI=1S/C26H30N8O/c1-5-12-33-25(35)22-15-27-26(29-20-10-9-18-11-13-32(4)16-19(18)14-20)30-24(22)34(33)23-8-6-7-21(28-23)17-31(2)3/h5-10,14-15H,1,11-13,16-17H2,2-4H3,(H,27,29,30). The van der Waals surface area contributed by atoms with Crippen LogP contribution in [0.5, 0.6) is 0 Å². The molecule has 0 atom stereocenters. The van der Waals surface area contributed by atoms with Crippen molar-refractivity contribution in [2.24, 2.45) is 0 Å². The Labute approximate surface area is 204 Å². The van der Waals surface area contributed by atoms with Gasteiger partial charge in [0.05, 0.1) is 12.2 Å². The number of pyridine rings is 1. The maximum absolute atomic E-state index is 13.2. The normalized spacial score (nSPS) is 13.8. The first-order valence-corrected chi connectivity index (χ1v) is 11.7. The van der Waals surface area contributed by atoms with Crippen molar-refractivity contribution in [1.29, 1.82) is 0 Å². The number of fused-ring (bicyclic) bond motifs is 2. The second kappa shape index (κ2) is 9.44. The number of nitrogens with zero attached hydrogens (tertiary/aromatic N) is 7. The summed E-state index contributed by atoms with van der Waals surface area (Å²) in [6.45, 7) is 6.83. The molecule has 0 bridgehead atoms. The molecule has 0 radical (unpaired) electrons. The van der Waals surface area contributed by atoms with E-state index in [4.69, 9.17) is 9.97 Å². The molecule has 4 heterocycles. The third-order valence-corrected chi connectivity index (χ3v) is 6.13. The molecule has 3 aromatic heterocycles. The highest BCUT2D eigenvalue weighted by molar-refractivity contribution is 5.77. The van der Waals surface area contributed by atoms with Crippen molar-refractivity contribution in [3.8, 4) is 5.82 Å². The zero-order chi connectivity index (χ0) is 24.5. The van der Waals surface area contributed by atoms with Gasteiger partial charge in [0, 0.05) is 31.5 Å². The van der Waals surface area contributed by atoms with Crippen LogP contribution in [0.2, 0.25) is 0 Å². The molecule has 9 heteroatoms. The molecule has 35 heavy (non-hydrogen) atoms. The third kappa shape index (κ3) is 4.60. The van der Waals surface area contributed by atoms with E-state index in [9.17, 15) is 4.79 Å². The van der Waals surface area contributed by atoms with Crippen LogP contribution in [0.1, 0.15) is 16.8 Å². The van der Waals surface area contributed by atoms with Crippen LogP contribution in [0.3, 0.4) is 0 Å². The summed E-state index contributed by atoms with van der Waals surface area (Å²) in [5.41, 5.74) is 4.83. The van der Waals surface area contributed by atoms with Gasteiger partial charge in [-0.25, -0.2) is 19.3 Å². The summed E-state index contributed by atoms with van der Waals surface area (Å²) >= 11 is 0. The topological polar surface area (TPSA) is 84.1 Å². The Morgan fingerprint density at radius 1 is 1.17 bits per heavy atom. The molecular formula is C26H30N8O. The summed E-state index contributed by atoms with van der Waals surface area (Å²) in [6, 6.07) is 12.2. The number of hydrogen-bond acceptors (Lipinski definition) is 7. The maximum Gasteiger partial charge on any atom is 0.278 e. The minimum Gasteiger partial charge on any atom is -0.324 e. The van der Waals surface area contributed by atoms with Crippen LogP contribution in [-0.2, 0) is 26.1 Å². The van der Waals surface area contributed by atoms with E-state index in [1.165, 1.54) is 11.1 Å². The first-order chi connectivity index (χ1) is 16.9. The number of hydrogen-bond donors (Lipinski definition) is 1. The molecular weight excluding hydrogens is 440 g/mol. The highest BCUT2D eigenvalue weighted by Crippen LogP contribution is 2.24. The van der Waals surface area contributed by atoms with E-state index >= 15 is 0 Å². The first kappa shape index (κ1) is 22.9. The Bertz CT molecular complexity index is 1450. The fourth-order valence-corrected chi connectivity index (χ4v) is 4.51. The largest absolute Gasteiger partial charge is 0.324 e. The molecule has 1 aliphatic rings. The number of aromatic nitrogens is 5. The summed E-state index contributed by atoms with van der Waals surface area (Å²) in [5.74, 6) is 1.05. The van der Waals surface area contributed by atoms with Gasteiger partial charge in [-0.1, -0.05) is 18.2 Å². The molecule has 5 rings (SSSR count). The van der Waals surface area contributed by atoms with E-state index in [1.807, 2.05) is 32.3 Å². The van der Waals surface area contributed by atoms with Crippen LogP contribution in [-0.4, -0.2) is 61.8 Å². The summed E-state index contributed by atoms with van der Waals surface area (Å²) < 4.78 is 3.35. The van der Waals surface area contributed by atoms with E-state index in [1.54, 1.807) is 21.6 Å². The second-order valence-electron chi connectivity index (χ2n) is 9.24. The lowest BCUT2D eigenvalue weighted by Gasteiger charge is -2.25. The molecule has 0 aliphatic carbocycles. The summed E-state index contributed by atoms with van der Waals surface area (Å²) in [6.07, 6.45) is 4.33. The first-order valence-electron chi connectivity index (χ1n) is 11.7. The Morgan fingerprint density at radius 3 is 2.83 bits per heavy atom. The van der Waals surface area contributed by atoms with Gasteiger partial charge in [0.1, 0.15) is 5.39 Å². The summed E-state index contributed by atoms with van der Waals surface area (Å²) in [5, 5.41) is 3.76. The van der Waals surface area contributed by atoms with E-state index in [2.05, 4.69) is 51.9 Å². The van der Waals surface area contributed by atoms with Gasteiger partial charge in [-0.05, 0) is 63.0 Å². The Morgan fingerprint density at radius 2 is 2.03 bits per heavy atom. The highest BCUT2D eigenvalue weighted by atomic mass is 16.1. The Balaban J connectivity index is 1.57. The monoisotopic (exact) mass is 470 g/mol. The van der Waals surface area contributed by atoms with Crippen molar-refractivity contribution in [3.05, 3.63) is 82.4 Å². The molecule has 0 saturated carbocycles. The van der Waals surface area contributed by atoms with Gasteiger partial charge in [0.2, 0.25) is 5.95 Å². The van der Waals surface area contributed by atoms with Crippen LogP contribution < -0.4 is 10.9 Å². The van der Waals surface area contributed by atoms with Crippen LogP contribution >= 0.6 is 0 Å². The second-order valence-corrected chi connectivity index (χ2v) is 9.24. The van der Waals surface area contributed by atoms with Gasteiger partial charge in [-0.3, -0.25) is 4.79 Å². The van der Waals surface area contributed by atoms with Gasteiger partial charge < -0.3 is 15.1 Å². The van der Waals surface area contributed by atoms with Gasteiger partial charge in [-0.2, -0.15) is 4.98 Å². The minimum atomic E-state index is -0.178. The minimum absolute atomic E-state index is 0.178. The molecule has 0 amide bonds. The molecule has 0 spiro atoms. The summed E-state index contributed by atoms with van der Waals surface area (Å²) in [4.78, 5) is 31.6. The molecule has 1 aromatic carbocycles. The van der Waals surface area contributed by atoms with Crippen LogP contribution in [0.25, 0.3) is 16.9 Å². The number of nitrogens with one attached hydrogen (secondary N) is 1. The van der Waals surface area contributed by atoms with Gasteiger partial charge in [0.15, 0.2) is 11.5 Å². The van der Waals surface area contributed by atoms with Crippen molar-refractivity contribution in [2.45, 2.75) is 26.1 Å². The number of rotatable bonds is 7. The van der Waals surface area contributed by atoms with E-state index in [0.29, 0.717) is 35.9 Å². The zero-order valence-corrected chi connectivity index (χ0v) is 20.4. The lowest BCUT2D eigenvalue weighted by atomic mass is 9.99. The zero-order valence-electron chi connectivity index (χ0n) is 20.4. The van der Waals surface area contributed by atoms with Crippen molar-refractivity contribution in [3.63, 3.8) is 0 Å². The fraction of sp³-hybridized carbons (Fsp3) is 0.308. The maximum atomic E-state index is 13.2. The van der Waals surface area contributed by atoms with Crippen LogP contribution in [0.4, 0.5) is 11.6 Å². The van der Waals surface area contributed by atoms with Gasteiger partial charge in [-0.15, -0.1) is 6.58 Å². The highest BCUT2D eigenvalue weighted by Gasteiger charge is 2.19. The number of anilines is 2. The SMILES string of the molecule is C=CCn1c(=O)c2cnc(Nc3ccc4c(c3)CN(C)CC4)nc2n1-c1cccc(CN(C)C)n1. The molecule has 9 nitrogen and oxygen atoms in total. The molecule has 4 aromatic rings. The summed E-state index contributed by atoms with van der Waals surface area (Å²) in [7, 11) is 6.13. The third-order valence-electron chi connectivity index (χ3n) is 6.13. The average molecular weight is 471 g/mol. The predicted octanol–water partition coefficient (Wildman–Crippen LogP) is 2.96. The fourth-order valence-electron chi connectivity index (χ4n) is 4.51. The molecule has 1 aliphatic heterocycles. The Kier molecular flexibility index (Phi) is 6.19. The smallest absolute Gasteiger partial charge is 0.278 e. The van der Waals surface area contributed by atoms with E-state index < -0.39 is 0 Å². The van der Waals surface area contributed by atoms with Crippen LogP contribution in [0, 0.1) is 0 Å². The van der Waals surface area contributed by atoms with Crippen LogP contribution in [0.15, 0.2) is 60.0 Å². The molecule has 0 saturated heterocycles. The number of likely N-dealkylation sites (N-methyl/N-ethyl adjacent to an activating group) is 1.